The molecule has 18 heavy (non-hydrogen) atoms. The Kier molecular flexibility index (Phi) is 4.98. The lowest BCUT2D eigenvalue weighted by molar-refractivity contribution is 0.254. The molecule has 0 radical (unpaired) electrons. The summed E-state index contributed by atoms with van der Waals surface area (Å²) < 4.78 is 26.5. The number of rotatable bonds is 5. The second-order valence-corrected chi connectivity index (χ2v) is 6.14. The number of nitrogen functional groups attached to an aromatic ring is 1. The van der Waals surface area contributed by atoms with Crippen molar-refractivity contribution < 1.29 is 13.5 Å². The van der Waals surface area contributed by atoms with Gasteiger partial charge in [-0.25, -0.2) is 13.1 Å². The lowest BCUT2D eigenvalue weighted by Crippen LogP contribution is -2.36. The predicted octanol–water partition coefficient (Wildman–Crippen LogP) is 1.28. The molecule has 102 valence electrons. The molecule has 1 rings (SSSR count). The zero-order chi connectivity index (χ0) is 13.9. The molecule has 5 nitrogen and oxygen atoms in total. The Morgan fingerprint density at radius 2 is 2.11 bits per heavy atom. The Labute approximate surface area is 112 Å². The first-order valence-corrected chi connectivity index (χ1v) is 7.36. The highest BCUT2D eigenvalue weighted by Gasteiger charge is 2.20. The van der Waals surface area contributed by atoms with E-state index in [1.54, 1.807) is 13.8 Å². The lowest BCUT2D eigenvalue weighted by atomic mass is 10.2. The molecule has 7 heteroatoms. The van der Waals surface area contributed by atoms with E-state index in [0.717, 1.165) is 0 Å². The second kappa shape index (κ2) is 5.88. The number of aliphatic hydroxyl groups is 1. The van der Waals surface area contributed by atoms with Gasteiger partial charge in [-0.05, 0) is 31.0 Å². The molecule has 0 heterocycles. The first-order valence-electron chi connectivity index (χ1n) is 5.50. The normalized spacial score (nSPS) is 13.6. The van der Waals surface area contributed by atoms with Crippen LogP contribution in [0.15, 0.2) is 17.0 Å². The van der Waals surface area contributed by atoms with E-state index in [2.05, 4.69) is 4.72 Å². The summed E-state index contributed by atoms with van der Waals surface area (Å²) in [6, 6.07) is 2.25. The summed E-state index contributed by atoms with van der Waals surface area (Å²) in [5, 5.41) is 9.37. The summed E-state index contributed by atoms with van der Waals surface area (Å²) >= 11 is 5.88. The van der Waals surface area contributed by atoms with Gasteiger partial charge in [0, 0.05) is 6.04 Å². The number of hydrogen-bond acceptors (Lipinski definition) is 4. The van der Waals surface area contributed by atoms with Crippen LogP contribution < -0.4 is 10.5 Å². The maximum atomic E-state index is 12.1. The number of anilines is 1. The van der Waals surface area contributed by atoms with Gasteiger partial charge in [-0.1, -0.05) is 18.5 Å². The minimum Gasteiger partial charge on any atom is -0.397 e. The van der Waals surface area contributed by atoms with Gasteiger partial charge in [0.15, 0.2) is 0 Å². The minimum absolute atomic E-state index is 0.0498. The van der Waals surface area contributed by atoms with Crippen molar-refractivity contribution >= 4 is 27.3 Å². The molecular formula is C11H17ClN2O3S. The second-order valence-electron chi connectivity index (χ2n) is 4.05. The van der Waals surface area contributed by atoms with Crippen LogP contribution >= 0.6 is 11.6 Å². The fourth-order valence-corrected chi connectivity index (χ4v) is 2.99. The fourth-order valence-electron chi connectivity index (χ4n) is 1.46. The van der Waals surface area contributed by atoms with E-state index >= 15 is 0 Å². The van der Waals surface area contributed by atoms with Crippen LogP contribution in [0.3, 0.4) is 0 Å². The highest BCUT2D eigenvalue weighted by molar-refractivity contribution is 7.89. The number of nitrogens with one attached hydrogen (secondary N) is 1. The van der Waals surface area contributed by atoms with Gasteiger partial charge in [-0.2, -0.15) is 0 Å². The summed E-state index contributed by atoms with van der Waals surface area (Å²) in [6.45, 7) is 3.21. The van der Waals surface area contributed by atoms with Crippen LogP contribution in [0.25, 0.3) is 0 Å². The quantitative estimate of drug-likeness (QED) is 0.713. The molecule has 0 aliphatic rings. The molecule has 4 N–H and O–H groups in total. The van der Waals surface area contributed by atoms with Crippen LogP contribution in [0.5, 0.6) is 0 Å². The number of benzene rings is 1. The van der Waals surface area contributed by atoms with Crippen molar-refractivity contribution in [3.8, 4) is 0 Å². The van der Waals surface area contributed by atoms with E-state index in [1.165, 1.54) is 12.1 Å². The van der Waals surface area contributed by atoms with Gasteiger partial charge in [0.1, 0.15) is 0 Å². The number of hydrogen-bond donors (Lipinski definition) is 3. The molecule has 1 atom stereocenters. The van der Waals surface area contributed by atoms with Crippen molar-refractivity contribution in [1.29, 1.82) is 0 Å². The van der Waals surface area contributed by atoms with Crippen LogP contribution in [0.4, 0.5) is 5.69 Å². The molecule has 0 aliphatic carbocycles. The van der Waals surface area contributed by atoms with E-state index in [-0.39, 0.29) is 17.2 Å². The topological polar surface area (TPSA) is 92.4 Å². The molecule has 0 amide bonds. The van der Waals surface area contributed by atoms with Crippen molar-refractivity contribution in [3.05, 3.63) is 22.7 Å². The molecule has 0 aromatic heterocycles. The minimum atomic E-state index is -3.69. The molecule has 0 unspecified atom stereocenters. The molecule has 0 saturated carbocycles. The zero-order valence-electron chi connectivity index (χ0n) is 10.3. The average molecular weight is 293 g/mol. The van der Waals surface area contributed by atoms with Gasteiger partial charge in [0.05, 0.1) is 22.2 Å². The molecule has 0 aliphatic heterocycles. The van der Waals surface area contributed by atoms with Crippen LogP contribution in [0, 0.1) is 6.92 Å². The third-order valence-corrected chi connectivity index (χ3v) is 4.62. The van der Waals surface area contributed by atoms with Crippen LogP contribution in [-0.4, -0.2) is 26.2 Å². The third kappa shape index (κ3) is 3.35. The third-order valence-electron chi connectivity index (χ3n) is 2.60. The zero-order valence-corrected chi connectivity index (χ0v) is 11.8. The summed E-state index contributed by atoms with van der Waals surface area (Å²) in [5.74, 6) is 0. The number of nitrogens with two attached hydrogens (primary N) is 1. The van der Waals surface area contributed by atoms with Gasteiger partial charge in [-0.3, -0.25) is 0 Å². The van der Waals surface area contributed by atoms with Crippen molar-refractivity contribution in [3.63, 3.8) is 0 Å². The monoisotopic (exact) mass is 292 g/mol. The van der Waals surface area contributed by atoms with Crippen LogP contribution in [-0.2, 0) is 10.0 Å². The Morgan fingerprint density at radius 1 is 1.50 bits per heavy atom. The van der Waals surface area contributed by atoms with Crippen molar-refractivity contribution in [2.75, 3.05) is 12.3 Å². The van der Waals surface area contributed by atoms with Crippen molar-refractivity contribution in [1.82, 2.24) is 4.72 Å². The first kappa shape index (κ1) is 15.2. The highest BCUT2D eigenvalue weighted by atomic mass is 35.5. The maximum Gasteiger partial charge on any atom is 0.240 e. The summed E-state index contributed by atoms with van der Waals surface area (Å²) in [7, 11) is -3.69. The molecule has 0 saturated heterocycles. The Hall–Kier alpha value is -0.820. The molecule has 0 spiro atoms. The number of halogens is 1. The largest absolute Gasteiger partial charge is 0.397 e. The number of sulfonamides is 1. The predicted molar refractivity (Wildman–Crippen MR) is 72.1 cm³/mol. The van der Waals surface area contributed by atoms with Gasteiger partial charge in [-0.15, -0.1) is 0 Å². The maximum absolute atomic E-state index is 12.1. The smallest absolute Gasteiger partial charge is 0.240 e. The standard InChI is InChI=1S/C11H17ClN2O3S/c1-3-8(6-15)14-18(16,17)9-4-7(2)11(12)10(13)5-9/h4-5,8,14-15H,3,6,13H2,1-2H3/t8-/m0/s1. The fraction of sp³-hybridized carbons (Fsp3) is 0.455. The lowest BCUT2D eigenvalue weighted by Gasteiger charge is -2.15. The number of aryl methyl sites for hydroxylation is 1. The molecule has 1 aromatic rings. The van der Waals surface area contributed by atoms with E-state index < -0.39 is 16.1 Å². The molecule has 0 fully saturated rings. The first-order chi connectivity index (χ1) is 8.31. The summed E-state index contributed by atoms with van der Waals surface area (Å²) in [5.41, 5.74) is 6.45. The van der Waals surface area contributed by atoms with E-state index in [9.17, 15) is 8.42 Å². The van der Waals surface area contributed by atoms with E-state index in [1.807, 2.05) is 0 Å². The molecular weight excluding hydrogens is 276 g/mol. The van der Waals surface area contributed by atoms with Gasteiger partial charge in [0.25, 0.3) is 0 Å². The SMILES string of the molecule is CC[C@@H](CO)NS(=O)(=O)c1cc(C)c(Cl)c(N)c1. The van der Waals surface area contributed by atoms with E-state index in [0.29, 0.717) is 17.0 Å². The Balaban J connectivity index is 3.13. The van der Waals surface area contributed by atoms with Crippen molar-refractivity contribution in [2.24, 2.45) is 0 Å². The molecule has 1 aromatic carbocycles. The van der Waals surface area contributed by atoms with Crippen molar-refractivity contribution in [2.45, 2.75) is 31.2 Å². The van der Waals surface area contributed by atoms with E-state index in [4.69, 9.17) is 22.4 Å². The Bertz CT molecular complexity index is 504. The summed E-state index contributed by atoms with van der Waals surface area (Å²) in [6.07, 6.45) is 0.498. The number of aliphatic hydroxyl groups excluding tert-OH is 1. The molecule has 0 bridgehead atoms. The van der Waals surface area contributed by atoms with Gasteiger partial charge < -0.3 is 10.8 Å². The average Bonchev–Trinajstić information content (AvgIpc) is 2.32. The highest BCUT2D eigenvalue weighted by Crippen LogP contribution is 2.26. The van der Waals surface area contributed by atoms with Gasteiger partial charge >= 0.3 is 0 Å². The van der Waals surface area contributed by atoms with Gasteiger partial charge in [0.2, 0.25) is 10.0 Å². The summed E-state index contributed by atoms with van der Waals surface area (Å²) in [4.78, 5) is 0.0498. The van der Waals surface area contributed by atoms with Crippen LogP contribution in [0.2, 0.25) is 5.02 Å². The van der Waals surface area contributed by atoms with Crippen LogP contribution in [0.1, 0.15) is 18.9 Å². The Morgan fingerprint density at radius 3 is 2.56 bits per heavy atom.